The van der Waals surface area contributed by atoms with E-state index >= 15 is 0 Å². The van der Waals surface area contributed by atoms with Gasteiger partial charge in [-0.2, -0.15) is 0 Å². The van der Waals surface area contributed by atoms with E-state index < -0.39 is 23.6 Å². The number of unbranched alkanes of at least 4 members (excludes halogenated alkanes) is 5. The second kappa shape index (κ2) is 24.6. The number of aliphatic hydroxyl groups is 1. The Morgan fingerprint density at radius 3 is 2.28 bits per heavy atom. The van der Waals surface area contributed by atoms with Gasteiger partial charge in [0.25, 0.3) is 5.91 Å². The Hall–Kier alpha value is -6.02. The van der Waals surface area contributed by atoms with Crippen LogP contribution >= 0.6 is 34.3 Å². The van der Waals surface area contributed by atoms with Crippen LogP contribution in [0.2, 0.25) is 5.02 Å². The van der Waals surface area contributed by atoms with E-state index in [1.807, 2.05) is 94.4 Å². The van der Waals surface area contributed by atoms with E-state index in [9.17, 15) is 29.1 Å². The van der Waals surface area contributed by atoms with Gasteiger partial charge in [-0.25, -0.2) is 19.9 Å². The zero-order chi connectivity index (χ0) is 51.5. The zero-order valence-electron chi connectivity index (χ0n) is 41.9. The lowest BCUT2D eigenvalue weighted by atomic mass is 9.85. The van der Waals surface area contributed by atoms with Crippen LogP contribution in [0.15, 0.2) is 60.2 Å². The minimum absolute atomic E-state index is 0.0168. The van der Waals surface area contributed by atoms with Crippen LogP contribution in [0.4, 0.5) is 22.5 Å². The summed E-state index contributed by atoms with van der Waals surface area (Å²) in [6.45, 7) is 14.0. The van der Waals surface area contributed by atoms with Crippen molar-refractivity contribution < 1.29 is 29.1 Å². The highest BCUT2D eigenvalue weighted by Crippen LogP contribution is 2.31. The molecule has 5 aromatic rings. The molecule has 2 fully saturated rings. The predicted octanol–water partition coefficient (Wildman–Crippen LogP) is 8.21. The molecule has 5 N–H and O–H groups in total. The summed E-state index contributed by atoms with van der Waals surface area (Å²) in [4.78, 5) is 91.8. The molecule has 3 aromatic heterocycles. The van der Waals surface area contributed by atoms with Crippen molar-refractivity contribution in [3.63, 3.8) is 0 Å². The van der Waals surface area contributed by atoms with Crippen LogP contribution in [0.3, 0.4) is 0 Å². The minimum atomic E-state index is -0.876. The summed E-state index contributed by atoms with van der Waals surface area (Å²) in [6, 6.07) is 13.5. The molecule has 0 spiro atoms. The van der Waals surface area contributed by atoms with Gasteiger partial charge in [0.1, 0.15) is 34.4 Å². The van der Waals surface area contributed by atoms with Crippen LogP contribution < -0.4 is 26.2 Å². The maximum atomic E-state index is 14.0. The molecule has 72 heavy (non-hydrogen) atoms. The summed E-state index contributed by atoms with van der Waals surface area (Å²) in [5, 5.41) is 23.6. The van der Waals surface area contributed by atoms with Crippen LogP contribution in [0.5, 0.6) is 0 Å². The summed E-state index contributed by atoms with van der Waals surface area (Å²) in [5.41, 5.74) is 5.53. The maximum absolute atomic E-state index is 14.0. The number of hydrogen-bond donors (Lipinski definition) is 5. The molecule has 0 radical (unpaired) electrons. The molecule has 0 unspecified atom stereocenters. The number of carbonyl (C=O) groups is 5. The van der Waals surface area contributed by atoms with Crippen molar-refractivity contribution in [3.05, 3.63) is 92.8 Å². The summed E-state index contributed by atoms with van der Waals surface area (Å²) in [6.07, 6.45) is 6.63. The second-order valence-corrected chi connectivity index (χ2v) is 21.9. The van der Waals surface area contributed by atoms with Crippen molar-refractivity contribution in [2.45, 2.75) is 124 Å². The molecule has 5 heterocycles. The van der Waals surface area contributed by atoms with Gasteiger partial charge in [0.05, 0.1) is 39.1 Å². The molecule has 0 saturated carbocycles. The fraction of sp³-hybridized carbons (Fsp3) is 0.481. The number of amides is 5. The molecule has 384 valence electrons. The van der Waals surface area contributed by atoms with Gasteiger partial charge >= 0.3 is 0 Å². The first kappa shape index (κ1) is 53.8. The molecule has 3 atom stereocenters. The number of aromatic nitrogens is 4. The van der Waals surface area contributed by atoms with Crippen LogP contribution in [0.1, 0.15) is 111 Å². The van der Waals surface area contributed by atoms with Crippen LogP contribution in [0, 0.1) is 26.2 Å². The SMILES string of the molecule is Cc1nc(Nc2ncc(C(=O)Nc3c(C)cccc3Cl)s2)cc(N2CCN(C(=O)CCCCCCCCC(=O)N[C@H](C(=O)N3C[C@H](O)C[C@H]3C(=O)NCc3ccc(-c4scnc4C)cc3)C(C)(C)C)CC2)n1. The summed E-state index contributed by atoms with van der Waals surface area (Å²) >= 11 is 9.08. The number of anilines is 4. The Balaban J connectivity index is 0.775. The van der Waals surface area contributed by atoms with E-state index in [0.717, 1.165) is 65.2 Å². The van der Waals surface area contributed by atoms with Gasteiger partial charge in [0, 0.05) is 64.6 Å². The standard InChI is InChI=1S/C52H66ClN11O6S2/c1-32-14-13-15-38(53)45(32)61-49(69)40-29-55-51(72-40)59-41-27-42(58-34(3)57-41)62-22-24-63(25-23-62)44(67)17-12-10-8-7-9-11-16-43(66)60-47(52(4,5)6)50(70)64-30-37(65)26-39(64)48(68)54-28-35-18-20-36(21-19-35)46-33(2)56-31-71-46/h13-15,18-21,27,29,31,37,39,47,65H,7-12,16-17,22-26,28,30H2,1-6H3,(H,54,68)(H,60,66)(H,61,69)(H,55,57,58,59)/t37-,39+,47-/m1/s1. The third kappa shape index (κ3) is 14.4. The monoisotopic (exact) mass is 1040 g/mol. The van der Waals surface area contributed by atoms with E-state index in [0.29, 0.717) is 71.4 Å². The van der Waals surface area contributed by atoms with E-state index in [4.69, 9.17) is 11.6 Å². The number of nitrogens with zero attached hydrogens (tertiary/aromatic N) is 7. The number of para-hydroxylation sites is 1. The number of piperazine rings is 1. The highest BCUT2D eigenvalue weighted by molar-refractivity contribution is 7.17. The lowest BCUT2D eigenvalue weighted by molar-refractivity contribution is -0.144. The van der Waals surface area contributed by atoms with Crippen LogP contribution in [-0.4, -0.2) is 115 Å². The Bertz CT molecular complexity index is 2680. The van der Waals surface area contributed by atoms with Gasteiger partial charge in [-0.05, 0) is 61.8 Å². The molecule has 0 aliphatic carbocycles. The Kier molecular flexibility index (Phi) is 18.4. The highest BCUT2D eigenvalue weighted by Gasteiger charge is 2.44. The van der Waals surface area contributed by atoms with E-state index in [1.54, 1.807) is 17.4 Å². The lowest BCUT2D eigenvalue weighted by Crippen LogP contribution is -2.57. The molecule has 17 nitrogen and oxygen atoms in total. The minimum Gasteiger partial charge on any atom is -0.391 e. The first-order chi connectivity index (χ1) is 34.4. The fourth-order valence-electron chi connectivity index (χ4n) is 8.92. The van der Waals surface area contributed by atoms with Gasteiger partial charge in [0.2, 0.25) is 23.6 Å². The number of aliphatic hydroxyl groups excluding tert-OH is 1. The summed E-state index contributed by atoms with van der Waals surface area (Å²) < 4.78 is 0. The van der Waals surface area contributed by atoms with Crippen LogP contribution in [0.25, 0.3) is 10.4 Å². The first-order valence-electron chi connectivity index (χ1n) is 24.7. The predicted molar refractivity (Wildman–Crippen MR) is 284 cm³/mol. The summed E-state index contributed by atoms with van der Waals surface area (Å²) in [5.74, 6) is 0.766. The van der Waals surface area contributed by atoms with Crippen LogP contribution in [-0.2, 0) is 25.7 Å². The van der Waals surface area contributed by atoms with Crippen molar-refractivity contribution in [3.8, 4) is 10.4 Å². The van der Waals surface area contributed by atoms with Crippen molar-refractivity contribution in [1.29, 1.82) is 0 Å². The normalized spacial score (nSPS) is 16.4. The maximum Gasteiger partial charge on any atom is 0.267 e. The molecule has 20 heteroatoms. The molecule has 2 aromatic carbocycles. The van der Waals surface area contributed by atoms with Crippen molar-refractivity contribution >= 4 is 86.3 Å². The van der Waals surface area contributed by atoms with Gasteiger partial charge in [-0.3, -0.25) is 24.0 Å². The largest absolute Gasteiger partial charge is 0.391 e. The average molecular weight is 1040 g/mol. The fourth-order valence-corrected chi connectivity index (χ4v) is 10.7. The second-order valence-electron chi connectivity index (χ2n) is 19.6. The number of benzene rings is 2. The molecular weight excluding hydrogens is 974 g/mol. The first-order valence-corrected chi connectivity index (χ1v) is 26.7. The number of thiazole rings is 2. The molecule has 0 bridgehead atoms. The van der Waals surface area contributed by atoms with E-state index in [-0.39, 0.29) is 55.5 Å². The number of hydrogen-bond acceptors (Lipinski definition) is 14. The number of nitrogens with one attached hydrogen (secondary N) is 4. The number of likely N-dealkylation sites (tertiary alicyclic amines) is 1. The van der Waals surface area contributed by atoms with Gasteiger partial charge in [0.15, 0.2) is 5.13 Å². The Labute approximate surface area is 434 Å². The number of halogens is 1. The van der Waals surface area contributed by atoms with Crippen molar-refractivity contribution in [1.82, 2.24) is 40.4 Å². The number of aryl methyl sites for hydroxylation is 3. The zero-order valence-corrected chi connectivity index (χ0v) is 44.3. The van der Waals surface area contributed by atoms with Gasteiger partial charge in [-0.15, -0.1) is 11.3 Å². The van der Waals surface area contributed by atoms with Crippen molar-refractivity contribution in [2.75, 3.05) is 48.3 Å². The molecule has 2 saturated heterocycles. The number of rotatable bonds is 20. The number of β-amino-alcohol motifs (C(OH)–C–C–N with tert-alkyl or cyclic N) is 1. The smallest absolute Gasteiger partial charge is 0.267 e. The topological polar surface area (TPSA) is 215 Å². The Morgan fingerprint density at radius 1 is 0.889 bits per heavy atom. The van der Waals surface area contributed by atoms with Gasteiger partial charge < -0.3 is 41.1 Å². The third-order valence-electron chi connectivity index (χ3n) is 13.0. The molecule has 5 amide bonds. The lowest BCUT2D eigenvalue weighted by Gasteiger charge is -2.35. The third-order valence-corrected chi connectivity index (χ3v) is 15.2. The molecule has 2 aliphatic rings. The van der Waals surface area contributed by atoms with E-state index in [2.05, 4.69) is 46.1 Å². The highest BCUT2D eigenvalue weighted by atomic mass is 35.5. The molecule has 7 rings (SSSR count). The van der Waals surface area contributed by atoms with Gasteiger partial charge in [-0.1, -0.05) is 106 Å². The van der Waals surface area contributed by atoms with E-state index in [1.165, 1.54) is 22.4 Å². The molecular formula is C52H66ClN11O6S2. The summed E-state index contributed by atoms with van der Waals surface area (Å²) in [7, 11) is 0. The Morgan fingerprint density at radius 2 is 1.60 bits per heavy atom. The quantitative estimate of drug-likeness (QED) is 0.0467. The molecule has 2 aliphatic heterocycles. The average Bonchev–Trinajstić information content (AvgIpc) is 4.11. The number of carbonyl (C=O) groups excluding carboxylic acids is 5. The van der Waals surface area contributed by atoms with Crippen molar-refractivity contribution in [2.24, 2.45) is 5.41 Å².